The molecule has 1 atom stereocenters. The summed E-state index contributed by atoms with van der Waals surface area (Å²) < 4.78 is 39.3. The number of cyclic esters (lactones) is 1. The van der Waals surface area contributed by atoms with Crippen LogP contribution in [0.4, 0.5) is 14.9 Å². The molecule has 9 heteroatoms. The van der Waals surface area contributed by atoms with E-state index in [1.807, 2.05) is 0 Å². The van der Waals surface area contributed by atoms with E-state index in [-0.39, 0.29) is 24.9 Å². The first-order valence-electron chi connectivity index (χ1n) is 9.07. The lowest BCUT2D eigenvalue weighted by atomic mass is 9.93. The first-order chi connectivity index (χ1) is 12.8. The van der Waals surface area contributed by atoms with Gasteiger partial charge in [0.2, 0.25) is 5.91 Å². The minimum absolute atomic E-state index is 0.0542. The molecule has 0 bridgehead atoms. The van der Waals surface area contributed by atoms with Crippen molar-refractivity contribution >= 4 is 28.3 Å². The lowest BCUT2D eigenvalue weighted by Crippen LogP contribution is -2.34. The Hall–Kier alpha value is -1.84. The summed E-state index contributed by atoms with van der Waals surface area (Å²) in [7, 11) is -2.51. The summed E-state index contributed by atoms with van der Waals surface area (Å²) in [5, 5.41) is 2.68. The minimum atomic E-state index is -2.51. The lowest BCUT2D eigenvalue weighted by Gasteiger charge is -2.39. The molecule has 2 heterocycles. The van der Waals surface area contributed by atoms with E-state index < -0.39 is 28.6 Å². The van der Waals surface area contributed by atoms with Crippen LogP contribution >= 0.6 is 10.6 Å². The molecule has 2 aliphatic rings. The summed E-state index contributed by atoms with van der Waals surface area (Å²) in [6.07, 6.45) is 0.379. The number of hydrogen-bond acceptors (Lipinski definition) is 5. The van der Waals surface area contributed by atoms with E-state index in [0.29, 0.717) is 42.0 Å². The molecule has 2 amide bonds. The van der Waals surface area contributed by atoms with Gasteiger partial charge in [0.25, 0.3) is 0 Å². The lowest BCUT2D eigenvalue weighted by molar-refractivity contribution is -0.121. The molecule has 3 N–H and O–H groups in total. The second kappa shape index (κ2) is 8.04. The quantitative estimate of drug-likeness (QED) is 0.704. The molecule has 2 fully saturated rings. The smallest absolute Gasteiger partial charge is 0.414 e. The van der Waals surface area contributed by atoms with Crippen LogP contribution in [0.2, 0.25) is 0 Å². The Balaban J connectivity index is 1.65. The van der Waals surface area contributed by atoms with Crippen molar-refractivity contribution < 1.29 is 27.8 Å². The highest BCUT2D eigenvalue weighted by molar-refractivity contribution is 8.24. The number of anilines is 1. The van der Waals surface area contributed by atoms with Crippen LogP contribution in [0.3, 0.4) is 0 Å². The number of hydrogen-bond donors (Lipinski definition) is 3. The van der Waals surface area contributed by atoms with Crippen LogP contribution in [0.25, 0.3) is 0 Å². The first kappa shape index (κ1) is 19.9. The topological polar surface area (TPSA) is 99.1 Å². The Morgan fingerprint density at radius 3 is 2.70 bits per heavy atom. The number of nitrogens with zero attached hydrogens (tertiary/aromatic N) is 1. The summed E-state index contributed by atoms with van der Waals surface area (Å²) in [5.74, 6) is 0.00204. The summed E-state index contributed by atoms with van der Waals surface area (Å²) in [5.41, 5.74) is 0.943. The van der Waals surface area contributed by atoms with Gasteiger partial charge in [-0.3, -0.25) is 18.8 Å². The Morgan fingerprint density at radius 1 is 1.37 bits per heavy atom. The van der Waals surface area contributed by atoms with Gasteiger partial charge in [-0.1, -0.05) is 13.0 Å². The van der Waals surface area contributed by atoms with Gasteiger partial charge in [-0.15, -0.1) is 0 Å². The zero-order chi connectivity index (χ0) is 19.6. The molecule has 150 valence electrons. The molecule has 3 rings (SSSR count). The minimum Gasteiger partial charge on any atom is -0.442 e. The molecule has 0 saturated carbocycles. The zero-order valence-electron chi connectivity index (χ0n) is 15.2. The van der Waals surface area contributed by atoms with Crippen LogP contribution in [0.1, 0.15) is 37.7 Å². The molecule has 0 aromatic heterocycles. The number of amides is 2. The monoisotopic (exact) mass is 400 g/mol. The molecule has 2 saturated heterocycles. The maximum absolute atomic E-state index is 14.7. The summed E-state index contributed by atoms with van der Waals surface area (Å²) in [6.45, 7) is 2.21. The van der Waals surface area contributed by atoms with E-state index in [4.69, 9.17) is 4.74 Å². The van der Waals surface area contributed by atoms with Crippen molar-refractivity contribution in [1.29, 1.82) is 0 Å². The number of ether oxygens (including phenoxy) is 1. The van der Waals surface area contributed by atoms with Gasteiger partial charge in [-0.2, -0.15) is 10.6 Å². The molecule has 2 aliphatic heterocycles. The molecular formula is C18H25FN2O5S. The van der Waals surface area contributed by atoms with E-state index in [9.17, 15) is 23.1 Å². The molecule has 0 spiro atoms. The Labute approximate surface area is 159 Å². The van der Waals surface area contributed by atoms with Gasteiger partial charge in [0.1, 0.15) is 11.9 Å². The zero-order valence-corrected chi connectivity index (χ0v) is 16.0. The second-order valence-electron chi connectivity index (χ2n) is 6.96. The van der Waals surface area contributed by atoms with Gasteiger partial charge in [0.05, 0.1) is 18.8 Å². The summed E-state index contributed by atoms with van der Waals surface area (Å²) in [4.78, 5) is 24.8. The number of carbonyl (C=O) groups excluding carboxylic acids is 2. The highest BCUT2D eigenvalue weighted by Gasteiger charge is 2.33. The molecular weight excluding hydrogens is 375 g/mol. The van der Waals surface area contributed by atoms with Crippen molar-refractivity contribution in [2.24, 2.45) is 0 Å². The molecule has 1 aromatic carbocycles. The average molecular weight is 400 g/mol. The van der Waals surface area contributed by atoms with Crippen molar-refractivity contribution in [1.82, 2.24) is 5.32 Å². The van der Waals surface area contributed by atoms with E-state index in [2.05, 4.69) is 5.32 Å². The van der Waals surface area contributed by atoms with Crippen molar-refractivity contribution in [3.05, 3.63) is 29.6 Å². The van der Waals surface area contributed by atoms with Crippen molar-refractivity contribution in [3.63, 3.8) is 0 Å². The van der Waals surface area contributed by atoms with Gasteiger partial charge in [0, 0.05) is 17.9 Å². The van der Waals surface area contributed by atoms with Gasteiger partial charge in [-0.25, -0.2) is 9.18 Å². The van der Waals surface area contributed by atoms with E-state index >= 15 is 0 Å². The van der Waals surface area contributed by atoms with Gasteiger partial charge >= 0.3 is 6.09 Å². The van der Waals surface area contributed by atoms with Crippen LogP contribution < -0.4 is 10.2 Å². The third kappa shape index (κ3) is 4.72. The molecule has 7 nitrogen and oxygen atoms in total. The number of carbonyl (C=O) groups is 2. The van der Waals surface area contributed by atoms with E-state index in [1.54, 1.807) is 19.1 Å². The molecule has 0 aliphatic carbocycles. The SMILES string of the molecule is CCC(=O)NCC1CN(c2ccc(C3CCS(O)(O)CC3)c(F)c2)C(=O)O1. The fourth-order valence-corrected chi connectivity index (χ4v) is 4.95. The van der Waals surface area contributed by atoms with Gasteiger partial charge < -0.3 is 10.1 Å². The third-order valence-electron chi connectivity index (χ3n) is 5.04. The summed E-state index contributed by atoms with van der Waals surface area (Å²) in [6, 6.07) is 4.65. The van der Waals surface area contributed by atoms with Crippen LogP contribution in [0, 0.1) is 5.82 Å². The van der Waals surface area contributed by atoms with E-state index in [0.717, 1.165) is 0 Å². The predicted octanol–water partition coefficient (Wildman–Crippen LogP) is 3.31. The maximum atomic E-state index is 14.7. The van der Waals surface area contributed by atoms with Crippen molar-refractivity contribution in [2.45, 2.75) is 38.2 Å². The van der Waals surface area contributed by atoms with Crippen molar-refractivity contribution in [2.75, 3.05) is 29.5 Å². The number of rotatable bonds is 5. The fourth-order valence-electron chi connectivity index (χ4n) is 3.43. The predicted molar refractivity (Wildman–Crippen MR) is 102 cm³/mol. The van der Waals surface area contributed by atoms with Crippen LogP contribution in [0.5, 0.6) is 0 Å². The van der Waals surface area contributed by atoms with E-state index in [1.165, 1.54) is 11.0 Å². The highest BCUT2D eigenvalue weighted by Crippen LogP contribution is 2.48. The first-order valence-corrected chi connectivity index (χ1v) is 11.0. The highest BCUT2D eigenvalue weighted by atomic mass is 32.3. The van der Waals surface area contributed by atoms with Gasteiger partial charge in [0.15, 0.2) is 0 Å². The average Bonchev–Trinajstić information content (AvgIpc) is 3.01. The summed E-state index contributed by atoms with van der Waals surface area (Å²) >= 11 is 0. The molecule has 1 unspecified atom stereocenters. The second-order valence-corrected chi connectivity index (χ2v) is 9.39. The van der Waals surface area contributed by atoms with Crippen LogP contribution in [-0.2, 0) is 9.53 Å². The third-order valence-corrected chi connectivity index (χ3v) is 6.82. The van der Waals surface area contributed by atoms with Crippen LogP contribution in [0.15, 0.2) is 18.2 Å². The van der Waals surface area contributed by atoms with Crippen LogP contribution in [-0.4, -0.2) is 51.8 Å². The Bertz CT molecular complexity index is 720. The normalized spacial score (nSPS) is 23.8. The van der Waals surface area contributed by atoms with Crippen molar-refractivity contribution in [3.8, 4) is 0 Å². The number of halogens is 1. The van der Waals surface area contributed by atoms with Gasteiger partial charge in [-0.05, 0) is 36.5 Å². The molecule has 1 aromatic rings. The number of nitrogens with one attached hydrogen (secondary N) is 1. The largest absolute Gasteiger partial charge is 0.442 e. The Morgan fingerprint density at radius 2 is 2.07 bits per heavy atom. The Kier molecular flexibility index (Phi) is 5.92. The standard InChI is InChI=1S/C18H25FN2O5S/c1-2-17(22)20-10-14-11-21(18(23)26-14)13-3-4-15(16(19)9-13)12-5-7-27(24,25)8-6-12/h3-4,9,12,14,24-25H,2,5-8,10-11H2,1H3,(H,20,22). The molecule has 0 radical (unpaired) electrons. The maximum Gasteiger partial charge on any atom is 0.414 e. The molecule has 27 heavy (non-hydrogen) atoms. The fraction of sp³-hybridized carbons (Fsp3) is 0.556. The number of benzene rings is 1.